The molecule has 7 nitrogen and oxygen atoms in total. The molecule has 7 heteroatoms. The van der Waals surface area contributed by atoms with Gasteiger partial charge in [-0.15, -0.1) is 0 Å². The standard InChI is InChI=1S/C20H28N2O5/c1-14(2)27-17-8-4-6-15(10-17)11-18(23)21(3)13-19(24)22-9-5-7-16(12-22)20(25)26/h4,6,8,10,14,16H,5,7,9,11-13H2,1-3H3,(H,25,26). The minimum atomic E-state index is -0.875. The van der Waals surface area contributed by atoms with Crippen molar-refractivity contribution in [2.24, 2.45) is 5.92 Å². The molecule has 1 aromatic carbocycles. The van der Waals surface area contributed by atoms with E-state index in [1.165, 1.54) is 4.90 Å². The second-order valence-electron chi connectivity index (χ2n) is 7.26. The van der Waals surface area contributed by atoms with E-state index in [4.69, 9.17) is 9.84 Å². The quantitative estimate of drug-likeness (QED) is 0.784. The van der Waals surface area contributed by atoms with Crippen LogP contribution in [-0.2, 0) is 20.8 Å². The average Bonchev–Trinajstić information content (AvgIpc) is 2.61. The normalized spacial score (nSPS) is 16.9. The zero-order chi connectivity index (χ0) is 20.0. The summed E-state index contributed by atoms with van der Waals surface area (Å²) in [5.41, 5.74) is 0.821. The number of nitrogens with zero attached hydrogens (tertiary/aromatic N) is 2. The predicted octanol–water partition coefficient (Wildman–Crippen LogP) is 1.80. The smallest absolute Gasteiger partial charge is 0.308 e. The van der Waals surface area contributed by atoms with Crippen LogP contribution in [0.3, 0.4) is 0 Å². The Morgan fingerprint density at radius 2 is 2.07 bits per heavy atom. The Balaban J connectivity index is 1.89. The number of ether oxygens (including phenoxy) is 1. The van der Waals surface area contributed by atoms with E-state index >= 15 is 0 Å². The zero-order valence-electron chi connectivity index (χ0n) is 16.2. The number of carboxylic acid groups (broad SMARTS) is 1. The lowest BCUT2D eigenvalue weighted by Gasteiger charge is -2.32. The second kappa shape index (κ2) is 9.39. The summed E-state index contributed by atoms with van der Waals surface area (Å²) in [4.78, 5) is 39.0. The van der Waals surface area contributed by atoms with Crippen LogP contribution in [0.15, 0.2) is 24.3 Å². The summed E-state index contributed by atoms with van der Waals surface area (Å²) in [6.45, 7) is 4.58. The van der Waals surface area contributed by atoms with E-state index in [1.807, 2.05) is 38.1 Å². The summed E-state index contributed by atoms with van der Waals surface area (Å²) in [6, 6.07) is 7.36. The number of piperidine rings is 1. The third-order valence-electron chi connectivity index (χ3n) is 4.55. The van der Waals surface area contributed by atoms with Gasteiger partial charge in [-0.3, -0.25) is 14.4 Å². The Labute approximate surface area is 159 Å². The molecular formula is C20H28N2O5. The number of hydrogen-bond donors (Lipinski definition) is 1. The summed E-state index contributed by atoms with van der Waals surface area (Å²) < 4.78 is 5.64. The number of carbonyl (C=O) groups is 3. The van der Waals surface area contributed by atoms with E-state index in [9.17, 15) is 14.4 Å². The molecule has 0 aliphatic carbocycles. The molecule has 1 N–H and O–H groups in total. The fourth-order valence-electron chi connectivity index (χ4n) is 3.11. The van der Waals surface area contributed by atoms with Crippen LogP contribution in [0.2, 0.25) is 0 Å². The van der Waals surface area contributed by atoms with Gasteiger partial charge in [0.2, 0.25) is 11.8 Å². The summed E-state index contributed by atoms with van der Waals surface area (Å²) in [5.74, 6) is -1.07. The van der Waals surface area contributed by atoms with E-state index < -0.39 is 11.9 Å². The van der Waals surface area contributed by atoms with Crippen LogP contribution < -0.4 is 4.74 Å². The van der Waals surface area contributed by atoms with Crippen LogP contribution in [0, 0.1) is 5.92 Å². The monoisotopic (exact) mass is 376 g/mol. The fourth-order valence-corrected chi connectivity index (χ4v) is 3.11. The van der Waals surface area contributed by atoms with E-state index in [-0.39, 0.29) is 37.4 Å². The first kappa shape index (κ1) is 20.7. The van der Waals surface area contributed by atoms with Gasteiger partial charge in [0.25, 0.3) is 0 Å². The van der Waals surface area contributed by atoms with Gasteiger partial charge in [0, 0.05) is 20.1 Å². The van der Waals surface area contributed by atoms with Gasteiger partial charge in [-0.05, 0) is 44.4 Å². The van der Waals surface area contributed by atoms with Crippen molar-refractivity contribution in [2.75, 3.05) is 26.7 Å². The van der Waals surface area contributed by atoms with Gasteiger partial charge >= 0.3 is 5.97 Å². The maximum atomic E-state index is 12.5. The topological polar surface area (TPSA) is 87.2 Å². The largest absolute Gasteiger partial charge is 0.491 e. The molecule has 0 aromatic heterocycles. The molecule has 0 saturated carbocycles. The van der Waals surface area contributed by atoms with Crippen molar-refractivity contribution in [1.29, 1.82) is 0 Å². The maximum Gasteiger partial charge on any atom is 0.308 e. The van der Waals surface area contributed by atoms with Crippen molar-refractivity contribution in [3.8, 4) is 5.75 Å². The van der Waals surface area contributed by atoms with E-state index in [1.54, 1.807) is 11.9 Å². The van der Waals surface area contributed by atoms with Gasteiger partial charge in [0.15, 0.2) is 0 Å². The molecule has 1 aliphatic rings. The van der Waals surface area contributed by atoms with Crippen molar-refractivity contribution >= 4 is 17.8 Å². The number of hydrogen-bond acceptors (Lipinski definition) is 4. The lowest BCUT2D eigenvalue weighted by atomic mass is 9.98. The molecule has 1 heterocycles. The first-order valence-electron chi connectivity index (χ1n) is 9.26. The number of likely N-dealkylation sites (N-methyl/N-ethyl adjacent to an activating group) is 1. The van der Waals surface area contributed by atoms with Gasteiger partial charge in [0.05, 0.1) is 25.0 Å². The average molecular weight is 376 g/mol. The molecular weight excluding hydrogens is 348 g/mol. The Kier molecular flexibility index (Phi) is 7.21. The highest BCUT2D eigenvalue weighted by atomic mass is 16.5. The predicted molar refractivity (Wildman–Crippen MR) is 100 cm³/mol. The van der Waals surface area contributed by atoms with Gasteiger partial charge in [-0.25, -0.2) is 0 Å². The highest BCUT2D eigenvalue weighted by Crippen LogP contribution is 2.18. The molecule has 1 atom stereocenters. The molecule has 0 spiro atoms. The Morgan fingerprint density at radius 3 is 2.74 bits per heavy atom. The molecule has 1 saturated heterocycles. The second-order valence-corrected chi connectivity index (χ2v) is 7.26. The highest BCUT2D eigenvalue weighted by Gasteiger charge is 2.28. The third kappa shape index (κ3) is 6.27. The molecule has 1 aliphatic heterocycles. The van der Waals surface area contributed by atoms with Gasteiger partial charge in [-0.2, -0.15) is 0 Å². The first-order valence-corrected chi connectivity index (χ1v) is 9.26. The molecule has 0 bridgehead atoms. The molecule has 27 heavy (non-hydrogen) atoms. The van der Waals surface area contributed by atoms with Crippen LogP contribution in [0.1, 0.15) is 32.3 Å². The lowest BCUT2D eigenvalue weighted by Crippen LogP contribution is -2.47. The van der Waals surface area contributed by atoms with Crippen LogP contribution in [0.25, 0.3) is 0 Å². The third-order valence-corrected chi connectivity index (χ3v) is 4.55. The number of amides is 2. The minimum Gasteiger partial charge on any atom is -0.491 e. The van der Waals surface area contributed by atoms with Crippen LogP contribution in [-0.4, -0.2) is 65.5 Å². The molecule has 2 rings (SSSR count). The summed E-state index contributed by atoms with van der Waals surface area (Å²) in [6.07, 6.45) is 1.48. The van der Waals surface area contributed by atoms with Gasteiger partial charge < -0.3 is 19.6 Å². The minimum absolute atomic E-state index is 0.0483. The van der Waals surface area contributed by atoms with Crippen molar-refractivity contribution in [1.82, 2.24) is 9.80 Å². The van der Waals surface area contributed by atoms with Crippen molar-refractivity contribution < 1.29 is 24.2 Å². The Bertz CT molecular complexity index is 689. The molecule has 1 fully saturated rings. The summed E-state index contributed by atoms with van der Waals surface area (Å²) in [5, 5.41) is 9.14. The number of aliphatic carboxylic acids is 1. The first-order chi connectivity index (χ1) is 12.8. The Hall–Kier alpha value is -2.57. The van der Waals surface area contributed by atoms with Crippen molar-refractivity contribution in [3.63, 3.8) is 0 Å². The van der Waals surface area contributed by atoms with Crippen molar-refractivity contribution in [2.45, 2.75) is 39.2 Å². The summed E-state index contributed by atoms with van der Waals surface area (Å²) in [7, 11) is 1.59. The number of likely N-dealkylation sites (tertiary alicyclic amines) is 1. The summed E-state index contributed by atoms with van der Waals surface area (Å²) >= 11 is 0. The van der Waals surface area contributed by atoms with Crippen LogP contribution in [0.5, 0.6) is 5.75 Å². The maximum absolute atomic E-state index is 12.5. The number of rotatable bonds is 7. The number of carboxylic acids is 1. The molecule has 1 unspecified atom stereocenters. The van der Waals surface area contributed by atoms with E-state index in [0.717, 1.165) is 5.56 Å². The lowest BCUT2D eigenvalue weighted by molar-refractivity contribution is -0.147. The zero-order valence-corrected chi connectivity index (χ0v) is 16.2. The SMILES string of the molecule is CC(C)Oc1cccc(CC(=O)N(C)CC(=O)N2CCCC(C(=O)O)C2)c1. The highest BCUT2D eigenvalue weighted by molar-refractivity contribution is 5.86. The number of carbonyl (C=O) groups excluding carboxylic acids is 2. The van der Waals surface area contributed by atoms with E-state index in [2.05, 4.69) is 0 Å². The molecule has 2 amide bonds. The van der Waals surface area contributed by atoms with Crippen LogP contribution in [0.4, 0.5) is 0 Å². The fraction of sp³-hybridized carbons (Fsp3) is 0.550. The van der Waals surface area contributed by atoms with Gasteiger partial charge in [-0.1, -0.05) is 12.1 Å². The van der Waals surface area contributed by atoms with E-state index in [0.29, 0.717) is 25.1 Å². The molecule has 0 radical (unpaired) electrons. The van der Waals surface area contributed by atoms with Crippen LogP contribution >= 0.6 is 0 Å². The number of benzene rings is 1. The Morgan fingerprint density at radius 1 is 1.33 bits per heavy atom. The van der Waals surface area contributed by atoms with Crippen molar-refractivity contribution in [3.05, 3.63) is 29.8 Å². The van der Waals surface area contributed by atoms with Gasteiger partial charge in [0.1, 0.15) is 5.75 Å². The molecule has 1 aromatic rings. The molecule has 148 valence electrons.